The number of carbonyl (C=O) groups is 1. The zero-order valence-electron chi connectivity index (χ0n) is 11.9. The lowest BCUT2D eigenvalue weighted by Gasteiger charge is -2.07. The third-order valence-corrected chi connectivity index (χ3v) is 4.37. The Morgan fingerprint density at radius 3 is 2.84 bits per heavy atom. The molecule has 1 unspecified atom stereocenters. The van der Waals surface area contributed by atoms with Crippen LogP contribution in [0.5, 0.6) is 0 Å². The molecule has 19 heavy (non-hydrogen) atoms. The standard InChI is InChI=1S/C15H24O3S/c1-3-4-5-8-13(16)14-11-10-12(19-14)7-6-9-15(17)18-2/h10-11,13,16H,3-9H2,1-2H3. The summed E-state index contributed by atoms with van der Waals surface area (Å²) in [5, 5.41) is 10.0. The van der Waals surface area contributed by atoms with E-state index in [9.17, 15) is 9.90 Å². The molecule has 0 aliphatic heterocycles. The highest BCUT2D eigenvalue weighted by Gasteiger charge is 2.10. The van der Waals surface area contributed by atoms with E-state index in [0.717, 1.165) is 30.6 Å². The van der Waals surface area contributed by atoms with E-state index in [2.05, 4.69) is 17.7 Å². The molecular formula is C15H24O3S. The first-order valence-corrected chi connectivity index (χ1v) is 7.82. The molecule has 1 rings (SSSR count). The fourth-order valence-electron chi connectivity index (χ4n) is 1.95. The van der Waals surface area contributed by atoms with Crippen LogP contribution in [0.2, 0.25) is 0 Å². The van der Waals surface area contributed by atoms with E-state index in [1.54, 1.807) is 11.3 Å². The van der Waals surface area contributed by atoms with E-state index in [4.69, 9.17) is 0 Å². The Labute approximate surface area is 119 Å². The number of hydrogen-bond acceptors (Lipinski definition) is 4. The lowest BCUT2D eigenvalue weighted by Crippen LogP contribution is -1.99. The first-order valence-electron chi connectivity index (χ1n) is 7.00. The molecule has 0 aromatic carbocycles. The van der Waals surface area contributed by atoms with Crippen molar-refractivity contribution in [3.63, 3.8) is 0 Å². The molecule has 0 amide bonds. The number of hydrogen-bond donors (Lipinski definition) is 1. The monoisotopic (exact) mass is 284 g/mol. The molecule has 1 heterocycles. The van der Waals surface area contributed by atoms with Crippen LogP contribution in [0, 0.1) is 0 Å². The van der Waals surface area contributed by atoms with Crippen LogP contribution in [0.1, 0.15) is 61.3 Å². The highest BCUT2D eigenvalue weighted by Crippen LogP contribution is 2.27. The van der Waals surface area contributed by atoms with Gasteiger partial charge in [0.15, 0.2) is 0 Å². The summed E-state index contributed by atoms with van der Waals surface area (Å²) in [6.07, 6.45) is 6.09. The zero-order chi connectivity index (χ0) is 14.1. The van der Waals surface area contributed by atoms with Crippen LogP contribution in [-0.4, -0.2) is 18.2 Å². The molecule has 0 bridgehead atoms. The van der Waals surface area contributed by atoms with Crippen LogP contribution in [0.3, 0.4) is 0 Å². The molecule has 0 fully saturated rings. The van der Waals surface area contributed by atoms with Crippen LogP contribution in [-0.2, 0) is 16.0 Å². The summed E-state index contributed by atoms with van der Waals surface area (Å²) in [6.45, 7) is 2.16. The lowest BCUT2D eigenvalue weighted by molar-refractivity contribution is -0.140. The van der Waals surface area contributed by atoms with Crippen molar-refractivity contribution in [2.45, 2.75) is 58.0 Å². The molecule has 0 spiro atoms. The summed E-state index contributed by atoms with van der Waals surface area (Å²) in [5.41, 5.74) is 0. The number of aliphatic hydroxyl groups excluding tert-OH is 1. The van der Waals surface area contributed by atoms with E-state index in [1.165, 1.54) is 24.8 Å². The first kappa shape index (κ1) is 16.2. The quantitative estimate of drug-likeness (QED) is 0.553. The number of ether oxygens (including phenoxy) is 1. The Morgan fingerprint density at radius 1 is 1.37 bits per heavy atom. The Kier molecular flexibility index (Phi) is 7.75. The number of rotatable bonds is 9. The van der Waals surface area contributed by atoms with Gasteiger partial charge in [0.2, 0.25) is 0 Å². The maximum absolute atomic E-state index is 11.0. The van der Waals surface area contributed by atoms with Crippen LogP contribution in [0.25, 0.3) is 0 Å². The van der Waals surface area contributed by atoms with E-state index < -0.39 is 0 Å². The van der Waals surface area contributed by atoms with Gasteiger partial charge in [-0.1, -0.05) is 26.2 Å². The van der Waals surface area contributed by atoms with E-state index in [0.29, 0.717) is 6.42 Å². The maximum Gasteiger partial charge on any atom is 0.305 e. The van der Waals surface area contributed by atoms with E-state index >= 15 is 0 Å². The van der Waals surface area contributed by atoms with Crippen LogP contribution in [0.15, 0.2) is 12.1 Å². The minimum atomic E-state index is -0.328. The van der Waals surface area contributed by atoms with Crippen molar-refractivity contribution in [2.24, 2.45) is 0 Å². The number of aliphatic hydroxyl groups is 1. The van der Waals surface area contributed by atoms with Crippen LogP contribution < -0.4 is 0 Å². The molecule has 0 aliphatic carbocycles. The second-order valence-electron chi connectivity index (χ2n) is 4.75. The number of thiophene rings is 1. The molecule has 0 radical (unpaired) electrons. The fourth-order valence-corrected chi connectivity index (χ4v) is 3.02. The summed E-state index contributed by atoms with van der Waals surface area (Å²) in [4.78, 5) is 13.3. The summed E-state index contributed by atoms with van der Waals surface area (Å²) in [7, 11) is 1.41. The SMILES string of the molecule is CCCCCC(O)c1ccc(CCCC(=O)OC)s1. The van der Waals surface area contributed by atoms with Crippen molar-refractivity contribution in [1.29, 1.82) is 0 Å². The summed E-state index contributed by atoms with van der Waals surface area (Å²) in [6, 6.07) is 4.06. The number of carbonyl (C=O) groups excluding carboxylic acids is 1. The van der Waals surface area contributed by atoms with Gasteiger partial charge < -0.3 is 9.84 Å². The second-order valence-corrected chi connectivity index (χ2v) is 5.95. The average Bonchev–Trinajstić information content (AvgIpc) is 2.87. The molecule has 1 N–H and O–H groups in total. The van der Waals surface area contributed by atoms with Gasteiger partial charge in [0.1, 0.15) is 0 Å². The molecule has 1 aromatic heterocycles. The third-order valence-electron chi connectivity index (χ3n) is 3.12. The molecule has 0 saturated carbocycles. The van der Waals surface area contributed by atoms with Gasteiger partial charge in [-0.25, -0.2) is 0 Å². The van der Waals surface area contributed by atoms with Gasteiger partial charge in [0, 0.05) is 16.2 Å². The van der Waals surface area contributed by atoms with Gasteiger partial charge in [0.05, 0.1) is 13.2 Å². The van der Waals surface area contributed by atoms with Gasteiger partial charge in [-0.3, -0.25) is 4.79 Å². The summed E-state index contributed by atoms with van der Waals surface area (Å²) in [5.74, 6) is -0.156. The molecule has 108 valence electrons. The largest absolute Gasteiger partial charge is 0.469 e. The summed E-state index contributed by atoms with van der Waals surface area (Å²) >= 11 is 1.66. The molecule has 0 saturated heterocycles. The highest BCUT2D eigenvalue weighted by molar-refractivity contribution is 7.12. The van der Waals surface area contributed by atoms with Crippen LogP contribution >= 0.6 is 11.3 Å². The van der Waals surface area contributed by atoms with Crippen molar-refractivity contribution in [3.05, 3.63) is 21.9 Å². The minimum absolute atomic E-state index is 0.156. The van der Waals surface area contributed by atoms with E-state index in [1.807, 2.05) is 6.07 Å². The molecule has 1 atom stereocenters. The Morgan fingerprint density at radius 2 is 2.16 bits per heavy atom. The smallest absolute Gasteiger partial charge is 0.305 e. The van der Waals surface area contributed by atoms with Crippen molar-refractivity contribution in [3.8, 4) is 0 Å². The van der Waals surface area contributed by atoms with Gasteiger partial charge in [0.25, 0.3) is 0 Å². The van der Waals surface area contributed by atoms with E-state index in [-0.39, 0.29) is 12.1 Å². The second kappa shape index (κ2) is 9.10. The fraction of sp³-hybridized carbons (Fsp3) is 0.667. The van der Waals surface area contributed by atoms with Gasteiger partial charge >= 0.3 is 5.97 Å². The number of aryl methyl sites for hydroxylation is 1. The minimum Gasteiger partial charge on any atom is -0.469 e. The maximum atomic E-state index is 11.0. The number of esters is 1. The molecule has 3 nitrogen and oxygen atoms in total. The average molecular weight is 284 g/mol. The Hall–Kier alpha value is -0.870. The zero-order valence-corrected chi connectivity index (χ0v) is 12.7. The Bertz CT molecular complexity index is 373. The van der Waals surface area contributed by atoms with Crippen molar-refractivity contribution >= 4 is 17.3 Å². The van der Waals surface area contributed by atoms with Gasteiger partial charge in [-0.05, 0) is 31.4 Å². The van der Waals surface area contributed by atoms with Gasteiger partial charge in [-0.15, -0.1) is 11.3 Å². The first-order chi connectivity index (χ1) is 9.17. The van der Waals surface area contributed by atoms with Crippen molar-refractivity contribution in [2.75, 3.05) is 7.11 Å². The lowest BCUT2D eigenvalue weighted by atomic mass is 10.1. The van der Waals surface area contributed by atoms with Gasteiger partial charge in [-0.2, -0.15) is 0 Å². The third kappa shape index (κ3) is 6.21. The molecule has 1 aromatic rings. The highest BCUT2D eigenvalue weighted by atomic mass is 32.1. The topological polar surface area (TPSA) is 46.5 Å². The van der Waals surface area contributed by atoms with Crippen molar-refractivity contribution in [1.82, 2.24) is 0 Å². The van der Waals surface area contributed by atoms with Crippen molar-refractivity contribution < 1.29 is 14.6 Å². The van der Waals surface area contributed by atoms with Crippen LogP contribution in [0.4, 0.5) is 0 Å². The number of unbranched alkanes of at least 4 members (excludes halogenated alkanes) is 2. The molecule has 0 aliphatic rings. The normalized spacial score (nSPS) is 12.4. The Balaban J connectivity index is 2.32. The predicted octanol–water partition coefficient (Wildman–Crippen LogP) is 3.86. The molecular weight excluding hydrogens is 260 g/mol. The number of methoxy groups -OCH3 is 1. The summed E-state index contributed by atoms with van der Waals surface area (Å²) < 4.78 is 4.61. The molecule has 4 heteroatoms. The predicted molar refractivity (Wildman–Crippen MR) is 78.4 cm³/mol.